The van der Waals surface area contributed by atoms with Crippen LogP contribution in [0.15, 0.2) is 36.7 Å². The molecular weight excluding hydrogens is 304 g/mol. The van der Waals surface area contributed by atoms with Crippen LogP contribution in [-0.2, 0) is 6.54 Å². The zero-order valence-electron chi connectivity index (χ0n) is 14.2. The van der Waals surface area contributed by atoms with E-state index in [-0.39, 0.29) is 6.03 Å². The first-order chi connectivity index (χ1) is 11.7. The van der Waals surface area contributed by atoms with E-state index < -0.39 is 0 Å². The lowest BCUT2D eigenvalue weighted by molar-refractivity contribution is 0.176. The van der Waals surface area contributed by atoms with Gasteiger partial charge in [-0.2, -0.15) is 0 Å². The number of carbonyl (C=O) groups is 1. The molecule has 1 saturated heterocycles. The van der Waals surface area contributed by atoms with Crippen molar-refractivity contribution in [2.45, 2.75) is 26.3 Å². The summed E-state index contributed by atoms with van der Waals surface area (Å²) in [6, 6.07) is 7.41. The number of rotatable bonds is 4. The second kappa shape index (κ2) is 7.38. The Labute approximate surface area is 142 Å². The van der Waals surface area contributed by atoms with Gasteiger partial charge in [0.05, 0.1) is 12.8 Å². The number of carbonyl (C=O) groups excluding carboxylic acids is 1. The van der Waals surface area contributed by atoms with Gasteiger partial charge < -0.3 is 19.5 Å². The van der Waals surface area contributed by atoms with Crippen molar-refractivity contribution in [3.63, 3.8) is 0 Å². The number of para-hydroxylation sites is 2. The number of benzene rings is 1. The number of hydrogen-bond donors (Lipinski definition) is 1. The molecule has 1 N–H and O–H groups in total. The highest BCUT2D eigenvalue weighted by Crippen LogP contribution is 2.25. The molecule has 0 atom stereocenters. The molecule has 6 heteroatoms. The number of nitrogens with zero attached hydrogens (tertiary/aromatic N) is 3. The summed E-state index contributed by atoms with van der Waals surface area (Å²) in [6.07, 6.45) is 5.88. The molecule has 128 valence electrons. The number of imidazole rings is 1. The number of aromatic nitrogens is 2. The molecule has 1 aliphatic rings. The SMILES string of the molecule is COc1ccccc1NC(=O)N1CCC(Cn2ccnc2C)CC1. The highest BCUT2D eigenvalue weighted by atomic mass is 16.5. The Kier molecular flexibility index (Phi) is 5.03. The van der Waals surface area contributed by atoms with Crippen LogP contribution in [-0.4, -0.2) is 40.7 Å². The molecule has 0 aliphatic carbocycles. The monoisotopic (exact) mass is 328 g/mol. The number of hydrogen-bond acceptors (Lipinski definition) is 3. The number of urea groups is 1. The van der Waals surface area contributed by atoms with Gasteiger partial charge in [-0.05, 0) is 37.8 Å². The van der Waals surface area contributed by atoms with Crippen LogP contribution in [0, 0.1) is 12.8 Å². The number of ether oxygens (including phenoxy) is 1. The summed E-state index contributed by atoms with van der Waals surface area (Å²) in [4.78, 5) is 18.6. The molecular formula is C18H24N4O2. The number of likely N-dealkylation sites (tertiary alicyclic amines) is 1. The number of piperidine rings is 1. The Bertz CT molecular complexity index is 690. The standard InChI is InChI=1S/C18H24N4O2/c1-14-19-9-12-22(14)13-15-7-10-21(11-8-15)18(23)20-16-5-3-4-6-17(16)24-2/h3-6,9,12,15H,7-8,10-11,13H2,1-2H3,(H,20,23). The molecule has 0 spiro atoms. The molecule has 2 heterocycles. The lowest BCUT2D eigenvalue weighted by Gasteiger charge is -2.32. The maximum atomic E-state index is 12.5. The molecule has 0 unspecified atom stereocenters. The van der Waals surface area contributed by atoms with Gasteiger partial charge in [0.25, 0.3) is 0 Å². The third-order valence-electron chi connectivity index (χ3n) is 4.63. The fourth-order valence-electron chi connectivity index (χ4n) is 3.14. The molecule has 1 fully saturated rings. The van der Waals surface area contributed by atoms with Gasteiger partial charge in [-0.25, -0.2) is 9.78 Å². The summed E-state index contributed by atoms with van der Waals surface area (Å²) < 4.78 is 7.47. The number of nitrogens with one attached hydrogen (secondary N) is 1. The van der Waals surface area contributed by atoms with Gasteiger partial charge >= 0.3 is 6.03 Å². The second-order valence-electron chi connectivity index (χ2n) is 6.19. The zero-order valence-corrected chi connectivity index (χ0v) is 14.2. The van der Waals surface area contributed by atoms with Crippen molar-refractivity contribution in [1.29, 1.82) is 0 Å². The molecule has 2 amide bonds. The molecule has 1 aliphatic heterocycles. The Morgan fingerprint density at radius 2 is 2.08 bits per heavy atom. The van der Waals surface area contributed by atoms with E-state index in [1.165, 1.54) is 0 Å². The minimum atomic E-state index is -0.0586. The lowest BCUT2D eigenvalue weighted by Crippen LogP contribution is -2.41. The van der Waals surface area contributed by atoms with Gasteiger partial charge in [-0.3, -0.25) is 0 Å². The Balaban J connectivity index is 1.52. The second-order valence-corrected chi connectivity index (χ2v) is 6.19. The predicted octanol–water partition coefficient (Wildman–Crippen LogP) is 3.14. The summed E-state index contributed by atoms with van der Waals surface area (Å²) in [5, 5.41) is 2.95. The van der Waals surface area contributed by atoms with Crippen LogP contribution in [0.5, 0.6) is 5.75 Å². The maximum Gasteiger partial charge on any atom is 0.321 e. The van der Waals surface area contributed by atoms with Crippen LogP contribution in [0.4, 0.5) is 10.5 Å². The van der Waals surface area contributed by atoms with Gasteiger partial charge in [0.2, 0.25) is 0 Å². The van der Waals surface area contributed by atoms with Crippen LogP contribution in [0.25, 0.3) is 0 Å². The summed E-state index contributed by atoms with van der Waals surface area (Å²) in [6.45, 7) is 4.56. The van der Waals surface area contributed by atoms with E-state index >= 15 is 0 Å². The highest BCUT2D eigenvalue weighted by Gasteiger charge is 2.23. The number of anilines is 1. The molecule has 24 heavy (non-hydrogen) atoms. The normalized spacial score (nSPS) is 15.3. The quantitative estimate of drug-likeness (QED) is 0.938. The predicted molar refractivity (Wildman–Crippen MR) is 93.3 cm³/mol. The number of methoxy groups -OCH3 is 1. The third-order valence-corrected chi connectivity index (χ3v) is 4.63. The summed E-state index contributed by atoms with van der Waals surface area (Å²) in [5.74, 6) is 2.32. The summed E-state index contributed by atoms with van der Waals surface area (Å²) in [5.41, 5.74) is 0.709. The van der Waals surface area contributed by atoms with Crippen LogP contribution in [0.3, 0.4) is 0 Å². The third kappa shape index (κ3) is 3.69. The van der Waals surface area contributed by atoms with Crippen molar-refractivity contribution in [3.05, 3.63) is 42.5 Å². The van der Waals surface area contributed by atoms with E-state index in [1.807, 2.05) is 48.5 Å². The molecule has 0 bridgehead atoms. The van der Waals surface area contributed by atoms with E-state index in [0.29, 0.717) is 17.4 Å². The highest BCUT2D eigenvalue weighted by molar-refractivity contribution is 5.91. The average Bonchev–Trinajstić information content (AvgIpc) is 3.01. The Hall–Kier alpha value is -2.50. The van der Waals surface area contributed by atoms with Crippen molar-refractivity contribution in [3.8, 4) is 5.75 Å². The van der Waals surface area contributed by atoms with E-state index in [2.05, 4.69) is 14.9 Å². The van der Waals surface area contributed by atoms with Gasteiger partial charge in [0.15, 0.2) is 0 Å². The van der Waals surface area contributed by atoms with Crippen molar-refractivity contribution in [1.82, 2.24) is 14.5 Å². The summed E-state index contributed by atoms with van der Waals surface area (Å²) in [7, 11) is 1.61. The fraction of sp³-hybridized carbons (Fsp3) is 0.444. The van der Waals surface area contributed by atoms with Crippen LogP contribution in [0.2, 0.25) is 0 Å². The largest absolute Gasteiger partial charge is 0.495 e. The molecule has 2 aromatic rings. The molecule has 6 nitrogen and oxygen atoms in total. The number of aryl methyl sites for hydroxylation is 1. The molecule has 0 radical (unpaired) electrons. The van der Waals surface area contributed by atoms with Gasteiger partial charge in [0.1, 0.15) is 11.6 Å². The zero-order chi connectivity index (χ0) is 16.9. The first-order valence-corrected chi connectivity index (χ1v) is 8.34. The van der Waals surface area contributed by atoms with E-state index in [4.69, 9.17) is 4.74 Å². The minimum absolute atomic E-state index is 0.0586. The van der Waals surface area contributed by atoms with Gasteiger partial charge in [-0.1, -0.05) is 12.1 Å². The maximum absolute atomic E-state index is 12.5. The van der Waals surface area contributed by atoms with Crippen LogP contribution >= 0.6 is 0 Å². The lowest BCUT2D eigenvalue weighted by atomic mass is 9.97. The molecule has 1 aromatic carbocycles. The van der Waals surface area contributed by atoms with Crippen LogP contribution < -0.4 is 10.1 Å². The Morgan fingerprint density at radius 3 is 2.75 bits per heavy atom. The average molecular weight is 328 g/mol. The smallest absolute Gasteiger partial charge is 0.321 e. The minimum Gasteiger partial charge on any atom is -0.495 e. The molecule has 1 aromatic heterocycles. The van der Waals surface area contributed by atoms with Gasteiger partial charge in [-0.15, -0.1) is 0 Å². The van der Waals surface area contributed by atoms with E-state index in [9.17, 15) is 4.79 Å². The van der Waals surface area contributed by atoms with Crippen molar-refractivity contribution in [2.24, 2.45) is 5.92 Å². The van der Waals surface area contributed by atoms with E-state index in [1.54, 1.807) is 7.11 Å². The molecule has 3 rings (SSSR count). The van der Waals surface area contributed by atoms with Gasteiger partial charge in [0, 0.05) is 32.0 Å². The van der Waals surface area contributed by atoms with Crippen molar-refractivity contribution < 1.29 is 9.53 Å². The van der Waals surface area contributed by atoms with Crippen molar-refractivity contribution >= 4 is 11.7 Å². The Morgan fingerprint density at radius 1 is 1.33 bits per heavy atom. The topological polar surface area (TPSA) is 59.4 Å². The first kappa shape index (κ1) is 16.4. The first-order valence-electron chi connectivity index (χ1n) is 8.34. The summed E-state index contributed by atoms with van der Waals surface area (Å²) >= 11 is 0. The van der Waals surface area contributed by atoms with E-state index in [0.717, 1.165) is 38.3 Å². The number of amides is 2. The van der Waals surface area contributed by atoms with Crippen molar-refractivity contribution in [2.75, 3.05) is 25.5 Å². The fourth-order valence-corrected chi connectivity index (χ4v) is 3.14. The molecule has 0 saturated carbocycles. The van der Waals surface area contributed by atoms with Crippen LogP contribution in [0.1, 0.15) is 18.7 Å².